The molecule has 0 spiro atoms. The average Bonchev–Trinajstić information content (AvgIpc) is 3.46. The lowest BCUT2D eigenvalue weighted by molar-refractivity contribution is -0.670. The molecular weight excluding hydrogens is 524 g/mol. The van der Waals surface area contributed by atoms with Crippen molar-refractivity contribution in [2.24, 2.45) is 0 Å². The Bertz CT molecular complexity index is 1770. The van der Waals surface area contributed by atoms with Crippen LogP contribution in [0.15, 0.2) is 84.8 Å². The van der Waals surface area contributed by atoms with Gasteiger partial charge in [-0.05, 0) is 67.8 Å². The lowest BCUT2D eigenvalue weighted by Crippen LogP contribution is -2.35. The molecule has 3 aromatic carbocycles. The minimum atomic E-state index is -4.33. The summed E-state index contributed by atoms with van der Waals surface area (Å²) in [5.41, 5.74) is 5.50. The number of nitrogens with zero attached hydrogens (tertiary/aromatic N) is 4. The number of imidazole rings is 1. The Hall–Kier alpha value is -4.39. The molecule has 2 heterocycles. The molecule has 1 aliphatic rings. The minimum Gasteiger partial charge on any atom is -0.748 e. The third-order valence-corrected chi connectivity index (χ3v) is 7.76. The summed E-state index contributed by atoms with van der Waals surface area (Å²) in [6, 6.07) is 24.0. The second-order valence-corrected chi connectivity index (χ2v) is 11.0. The van der Waals surface area contributed by atoms with E-state index in [1.54, 1.807) is 12.1 Å². The molecule has 0 bridgehead atoms. The van der Waals surface area contributed by atoms with Gasteiger partial charge in [0.1, 0.15) is 0 Å². The number of ether oxygens (including phenoxy) is 1. The van der Waals surface area contributed by atoms with E-state index in [1.807, 2.05) is 60.1 Å². The molecule has 0 N–H and O–H groups in total. The van der Waals surface area contributed by atoms with Crippen molar-refractivity contribution < 1.29 is 22.3 Å². The zero-order valence-corrected chi connectivity index (χ0v) is 23.3. The van der Waals surface area contributed by atoms with Gasteiger partial charge in [0, 0.05) is 24.4 Å². The Kier molecular flexibility index (Phi) is 7.74. The van der Waals surface area contributed by atoms with Gasteiger partial charge in [-0.1, -0.05) is 36.4 Å². The zero-order chi connectivity index (χ0) is 28.3. The normalized spacial score (nSPS) is 14.2. The van der Waals surface area contributed by atoms with Gasteiger partial charge >= 0.3 is 0 Å². The van der Waals surface area contributed by atoms with Crippen LogP contribution in [-0.2, 0) is 23.2 Å². The largest absolute Gasteiger partial charge is 0.748 e. The van der Waals surface area contributed by atoms with Gasteiger partial charge in [-0.25, -0.2) is 17.6 Å². The Morgan fingerprint density at radius 1 is 1.05 bits per heavy atom. The monoisotopic (exact) mass is 554 g/mol. The van der Waals surface area contributed by atoms with Gasteiger partial charge in [0.25, 0.3) is 5.82 Å². The smallest absolute Gasteiger partial charge is 0.282 e. The van der Waals surface area contributed by atoms with Gasteiger partial charge < -0.3 is 14.2 Å². The predicted octanol–water partition coefficient (Wildman–Crippen LogP) is 5.20. The van der Waals surface area contributed by atoms with E-state index in [0.717, 1.165) is 46.0 Å². The molecule has 0 amide bonds. The van der Waals surface area contributed by atoms with E-state index in [2.05, 4.69) is 46.7 Å². The fourth-order valence-electron chi connectivity index (χ4n) is 5.15. The van der Waals surface area contributed by atoms with Crippen LogP contribution in [0.4, 0.5) is 5.69 Å². The van der Waals surface area contributed by atoms with Crippen LogP contribution in [0.1, 0.15) is 31.7 Å². The van der Waals surface area contributed by atoms with Crippen molar-refractivity contribution >= 4 is 32.9 Å². The summed E-state index contributed by atoms with van der Waals surface area (Å²) in [6.45, 7) is 5.81. The van der Waals surface area contributed by atoms with E-state index >= 15 is 0 Å². The highest BCUT2D eigenvalue weighted by Gasteiger charge is 2.26. The van der Waals surface area contributed by atoms with E-state index < -0.39 is 15.9 Å². The summed E-state index contributed by atoms with van der Waals surface area (Å²) in [5, 5.41) is 9.44. The number of benzene rings is 3. The van der Waals surface area contributed by atoms with Crippen molar-refractivity contribution in [3.8, 4) is 22.9 Å². The standard InChI is InChI=1S/C31H30N4O4S/c1-3-33-26-16-14-23(22-32)20-27(26)35(18-9-19-40(36,37)38)30(33)12-8-13-31-34(4-2)28-21-25(15-17-29(28)39-31)24-10-6-5-7-11-24/h5-8,10-17,20-21H,3-4,9,18-19H2,1-2H3. The summed E-state index contributed by atoms with van der Waals surface area (Å²) >= 11 is 0. The lowest BCUT2D eigenvalue weighted by atomic mass is 10.0. The van der Waals surface area contributed by atoms with Crippen molar-refractivity contribution in [3.05, 3.63) is 96.2 Å². The SMILES string of the molecule is CCN1C(=CC=Cc2n(CCCS(=O)(=O)[O-])c3cc(C#N)ccc3[n+]2CC)Oc2ccc(-c3ccccc3)cc21. The van der Waals surface area contributed by atoms with E-state index in [1.165, 1.54) is 0 Å². The van der Waals surface area contributed by atoms with Crippen LogP contribution in [0.25, 0.3) is 28.2 Å². The average molecular weight is 555 g/mol. The fourth-order valence-corrected chi connectivity index (χ4v) is 5.64. The van der Waals surface area contributed by atoms with Crippen LogP contribution < -0.4 is 14.2 Å². The quantitative estimate of drug-likeness (QED) is 0.208. The number of aromatic nitrogens is 2. The molecule has 5 rings (SSSR count). The zero-order valence-electron chi connectivity index (χ0n) is 22.4. The molecule has 40 heavy (non-hydrogen) atoms. The lowest BCUT2D eigenvalue weighted by Gasteiger charge is -2.15. The molecule has 204 valence electrons. The predicted molar refractivity (Wildman–Crippen MR) is 154 cm³/mol. The summed E-state index contributed by atoms with van der Waals surface area (Å²) in [6.07, 6.45) is 5.94. The molecule has 9 heteroatoms. The fraction of sp³-hybridized carbons (Fsp3) is 0.226. The van der Waals surface area contributed by atoms with E-state index in [-0.39, 0.29) is 6.42 Å². The maximum absolute atomic E-state index is 11.3. The third kappa shape index (κ3) is 5.50. The van der Waals surface area contributed by atoms with Crippen LogP contribution in [0.5, 0.6) is 5.75 Å². The number of hydrogen-bond donors (Lipinski definition) is 0. The molecule has 0 aliphatic carbocycles. The van der Waals surface area contributed by atoms with E-state index in [4.69, 9.17) is 4.74 Å². The number of fused-ring (bicyclic) bond motifs is 2. The second kappa shape index (κ2) is 11.4. The van der Waals surface area contributed by atoms with Crippen LogP contribution in [0, 0.1) is 11.3 Å². The first-order valence-corrected chi connectivity index (χ1v) is 14.8. The van der Waals surface area contributed by atoms with Crippen molar-refractivity contribution in [3.63, 3.8) is 0 Å². The van der Waals surface area contributed by atoms with Gasteiger partial charge in [-0.2, -0.15) is 5.26 Å². The molecule has 8 nitrogen and oxygen atoms in total. The number of nitriles is 1. The molecule has 0 radical (unpaired) electrons. The number of aryl methyl sites for hydroxylation is 2. The summed E-state index contributed by atoms with van der Waals surface area (Å²) in [4.78, 5) is 2.12. The molecule has 0 unspecified atom stereocenters. The summed E-state index contributed by atoms with van der Waals surface area (Å²) < 4.78 is 44.0. The Morgan fingerprint density at radius 3 is 2.55 bits per heavy atom. The summed E-state index contributed by atoms with van der Waals surface area (Å²) in [7, 11) is -4.33. The molecule has 0 atom stereocenters. The maximum Gasteiger partial charge on any atom is 0.282 e. The maximum atomic E-state index is 11.3. The Labute approximate surface area is 234 Å². The summed E-state index contributed by atoms with van der Waals surface area (Å²) in [5.74, 6) is 1.88. The van der Waals surface area contributed by atoms with Gasteiger partial charge in [0.15, 0.2) is 16.8 Å². The minimum absolute atomic E-state index is 0.170. The van der Waals surface area contributed by atoms with Gasteiger partial charge in [0.2, 0.25) is 5.88 Å². The first kappa shape index (κ1) is 27.2. The second-order valence-electron chi connectivity index (χ2n) is 9.44. The van der Waals surface area contributed by atoms with Crippen molar-refractivity contribution in [2.45, 2.75) is 33.4 Å². The topological polar surface area (TPSA) is 102 Å². The Balaban J connectivity index is 1.49. The van der Waals surface area contributed by atoms with Crippen molar-refractivity contribution in [1.82, 2.24) is 4.57 Å². The van der Waals surface area contributed by atoms with Crippen molar-refractivity contribution in [1.29, 1.82) is 5.26 Å². The number of rotatable bonds is 9. The number of hydrogen-bond acceptors (Lipinski definition) is 6. The molecule has 1 aliphatic heterocycles. The van der Waals surface area contributed by atoms with Crippen LogP contribution in [0.2, 0.25) is 0 Å². The molecule has 0 saturated heterocycles. The first-order chi connectivity index (χ1) is 19.3. The number of anilines is 1. The third-order valence-electron chi connectivity index (χ3n) is 6.97. The van der Waals surface area contributed by atoms with E-state index in [0.29, 0.717) is 24.5 Å². The highest BCUT2D eigenvalue weighted by molar-refractivity contribution is 7.85. The van der Waals surface area contributed by atoms with Gasteiger partial charge in [-0.3, -0.25) is 0 Å². The van der Waals surface area contributed by atoms with Gasteiger partial charge in [-0.15, -0.1) is 0 Å². The van der Waals surface area contributed by atoms with Crippen LogP contribution in [0.3, 0.4) is 0 Å². The van der Waals surface area contributed by atoms with Crippen molar-refractivity contribution in [2.75, 3.05) is 17.2 Å². The molecule has 0 saturated carbocycles. The van der Waals surface area contributed by atoms with E-state index in [9.17, 15) is 18.2 Å². The molecular formula is C31H30N4O4S. The Morgan fingerprint density at radius 2 is 1.85 bits per heavy atom. The van der Waals surface area contributed by atoms with Gasteiger partial charge in [0.05, 0.1) is 40.5 Å². The molecule has 1 aromatic heterocycles. The molecule has 4 aromatic rings. The molecule has 0 fully saturated rings. The highest BCUT2D eigenvalue weighted by atomic mass is 32.2. The number of allylic oxidation sites excluding steroid dienone is 2. The van der Waals surface area contributed by atoms with Crippen LogP contribution in [-0.4, -0.2) is 29.8 Å². The first-order valence-electron chi connectivity index (χ1n) is 13.3. The van der Waals surface area contributed by atoms with Crippen LogP contribution >= 0.6 is 0 Å². The highest BCUT2D eigenvalue weighted by Crippen LogP contribution is 2.41.